The van der Waals surface area contributed by atoms with Crippen LogP contribution in [-0.4, -0.2) is 17.6 Å². The molecule has 0 aromatic carbocycles. The van der Waals surface area contributed by atoms with Crippen LogP contribution < -0.4 is 5.73 Å². The molecule has 3 N–H and O–H groups in total. The Morgan fingerprint density at radius 1 is 1.53 bits per heavy atom. The van der Waals surface area contributed by atoms with Gasteiger partial charge in [0.05, 0.1) is 6.42 Å². The highest BCUT2D eigenvalue weighted by Crippen LogP contribution is 2.41. The third-order valence-electron chi connectivity index (χ3n) is 3.63. The molecule has 1 aliphatic rings. The molecule has 3 heteroatoms. The predicted molar refractivity (Wildman–Crippen MR) is 60.5 cm³/mol. The van der Waals surface area contributed by atoms with Crippen molar-refractivity contribution >= 4 is 5.97 Å². The van der Waals surface area contributed by atoms with Gasteiger partial charge in [-0.15, -0.1) is 6.58 Å². The number of nitrogens with two attached hydrogens (primary N) is 1. The SMILES string of the molecule is C=CCC1CCC(CN)(CC(=O)O)CC1. The molecule has 0 heterocycles. The smallest absolute Gasteiger partial charge is 0.303 e. The number of aliphatic carboxylic acids is 1. The molecule has 86 valence electrons. The normalized spacial score (nSPS) is 31.1. The van der Waals surface area contributed by atoms with Crippen LogP contribution in [0.1, 0.15) is 38.5 Å². The number of carboxylic acid groups (broad SMARTS) is 1. The second-order valence-electron chi connectivity index (χ2n) is 4.74. The maximum atomic E-state index is 10.8. The predicted octanol–water partition coefficient (Wildman–Crippen LogP) is 2.17. The van der Waals surface area contributed by atoms with Crippen molar-refractivity contribution in [2.75, 3.05) is 6.54 Å². The van der Waals surface area contributed by atoms with E-state index in [4.69, 9.17) is 10.8 Å². The first-order valence-electron chi connectivity index (χ1n) is 5.64. The molecule has 3 nitrogen and oxygen atoms in total. The summed E-state index contributed by atoms with van der Waals surface area (Å²) < 4.78 is 0. The van der Waals surface area contributed by atoms with E-state index in [2.05, 4.69) is 6.58 Å². The number of hydrogen-bond donors (Lipinski definition) is 2. The largest absolute Gasteiger partial charge is 0.481 e. The number of carboxylic acids is 1. The lowest BCUT2D eigenvalue weighted by Crippen LogP contribution is -2.36. The van der Waals surface area contributed by atoms with Crippen LogP contribution >= 0.6 is 0 Å². The van der Waals surface area contributed by atoms with Crippen molar-refractivity contribution in [2.45, 2.75) is 38.5 Å². The van der Waals surface area contributed by atoms with E-state index in [1.807, 2.05) is 6.08 Å². The summed E-state index contributed by atoms with van der Waals surface area (Å²) in [5.41, 5.74) is 5.59. The fourth-order valence-corrected chi connectivity index (χ4v) is 2.54. The summed E-state index contributed by atoms with van der Waals surface area (Å²) in [7, 11) is 0. The minimum Gasteiger partial charge on any atom is -0.481 e. The first-order chi connectivity index (χ1) is 7.12. The topological polar surface area (TPSA) is 63.3 Å². The molecule has 0 aromatic rings. The fraction of sp³-hybridized carbons (Fsp3) is 0.750. The van der Waals surface area contributed by atoms with Crippen molar-refractivity contribution in [3.63, 3.8) is 0 Å². The zero-order chi connectivity index (χ0) is 11.3. The molecule has 1 saturated carbocycles. The third-order valence-corrected chi connectivity index (χ3v) is 3.63. The average molecular weight is 211 g/mol. The van der Waals surface area contributed by atoms with Crippen molar-refractivity contribution in [1.82, 2.24) is 0 Å². The number of allylic oxidation sites excluding steroid dienone is 1. The van der Waals surface area contributed by atoms with Gasteiger partial charge in [-0.25, -0.2) is 0 Å². The van der Waals surface area contributed by atoms with Crippen LogP contribution in [0.15, 0.2) is 12.7 Å². The fourth-order valence-electron chi connectivity index (χ4n) is 2.54. The summed E-state index contributed by atoms with van der Waals surface area (Å²) in [6, 6.07) is 0. The summed E-state index contributed by atoms with van der Waals surface area (Å²) in [6.07, 6.45) is 7.32. The van der Waals surface area contributed by atoms with Crippen molar-refractivity contribution in [2.24, 2.45) is 17.1 Å². The Labute approximate surface area is 91.4 Å². The van der Waals surface area contributed by atoms with Crippen molar-refractivity contribution < 1.29 is 9.90 Å². The van der Waals surface area contributed by atoms with E-state index in [-0.39, 0.29) is 11.8 Å². The molecule has 0 amide bonds. The Bertz CT molecular complexity index is 230. The van der Waals surface area contributed by atoms with Gasteiger partial charge in [-0.1, -0.05) is 6.08 Å². The molecule has 0 bridgehead atoms. The van der Waals surface area contributed by atoms with Gasteiger partial charge in [0, 0.05) is 0 Å². The molecule has 1 rings (SSSR count). The van der Waals surface area contributed by atoms with Gasteiger partial charge in [0.1, 0.15) is 0 Å². The van der Waals surface area contributed by atoms with Gasteiger partial charge >= 0.3 is 5.97 Å². The summed E-state index contributed by atoms with van der Waals surface area (Å²) in [5, 5.41) is 8.86. The molecule has 0 saturated heterocycles. The van der Waals surface area contributed by atoms with Gasteiger partial charge in [0.2, 0.25) is 0 Å². The highest BCUT2D eigenvalue weighted by molar-refractivity contribution is 5.67. The Morgan fingerprint density at radius 3 is 2.53 bits per heavy atom. The minimum atomic E-state index is -0.720. The second kappa shape index (κ2) is 5.31. The molecule has 0 atom stereocenters. The minimum absolute atomic E-state index is 0.135. The van der Waals surface area contributed by atoms with Gasteiger partial charge in [-0.2, -0.15) is 0 Å². The molecule has 1 fully saturated rings. The van der Waals surface area contributed by atoms with E-state index in [0.717, 1.165) is 32.1 Å². The number of rotatable bonds is 5. The molecular weight excluding hydrogens is 190 g/mol. The maximum Gasteiger partial charge on any atom is 0.303 e. The standard InChI is InChI=1S/C12H21NO2/c1-2-3-10-4-6-12(9-13,7-5-10)8-11(14)15/h2,10H,1,3-9,13H2,(H,14,15). The molecular formula is C12H21NO2. The monoisotopic (exact) mass is 211 g/mol. The third kappa shape index (κ3) is 3.34. The Hall–Kier alpha value is -0.830. The van der Waals surface area contributed by atoms with Crippen LogP contribution in [0.25, 0.3) is 0 Å². The van der Waals surface area contributed by atoms with Crippen LogP contribution in [0.4, 0.5) is 0 Å². The quantitative estimate of drug-likeness (QED) is 0.685. The van der Waals surface area contributed by atoms with E-state index < -0.39 is 5.97 Å². The average Bonchev–Trinajstić information content (AvgIpc) is 2.21. The lowest BCUT2D eigenvalue weighted by molar-refractivity contribution is -0.140. The number of hydrogen-bond acceptors (Lipinski definition) is 2. The summed E-state index contributed by atoms with van der Waals surface area (Å²) in [4.78, 5) is 10.8. The molecule has 0 radical (unpaired) electrons. The lowest BCUT2D eigenvalue weighted by atomic mass is 9.68. The number of carbonyl (C=O) groups is 1. The molecule has 1 aliphatic carbocycles. The summed E-state index contributed by atoms with van der Waals surface area (Å²) >= 11 is 0. The van der Waals surface area contributed by atoms with Crippen molar-refractivity contribution in [1.29, 1.82) is 0 Å². The van der Waals surface area contributed by atoms with E-state index >= 15 is 0 Å². The first kappa shape index (κ1) is 12.2. The van der Waals surface area contributed by atoms with Crippen LogP contribution in [0.3, 0.4) is 0 Å². The Balaban J connectivity index is 2.50. The first-order valence-corrected chi connectivity index (χ1v) is 5.64. The van der Waals surface area contributed by atoms with E-state index in [9.17, 15) is 4.79 Å². The van der Waals surface area contributed by atoms with Crippen LogP contribution in [0.2, 0.25) is 0 Å². The van der Waals surface area contributed by atoms with Gasteiger partial charge < -0.3 is 10.8 Å². The lowest BCUT2D eigenvalue weighted by Gasteiger charge is -2.38. The Morgan fingerprint density at radius 2 is 2.13 bits per heavy atom. The Kier molecular flexibility index (Phi) is 4.33. The van der Waals surface area contributed by atoms with Crippen LogP contribution in [-0.2, 0) is 4.79 Å². The van der Waals surface area contributed by atoms with E-state index in [1.54, 1.807) is 0 Å². The zero-order valence-corrected chi connectivity index (χ0v) is 9.24. The van der Waals surface area contributed by atoms with E-state index in [1.165, 1.54) is 0 Å². The van der Waals surface area contributed by atoms with Crippen molar-refractivity contribution in [3.8, 4) is 0 Å². The van der Waals surface area contributed by atoms with Crippen molar-refractivity contribution in [3.05, 3.63) is 12.7 Å². The molecule has 0 aliphatic heterocycles. The zero-order valence-electron chi connectivity index (χ0n) is 9.24. The molecule has 15 heavy (non-hydrogen) atoms. The van der Waals surface area contributed by atoms with Gasteiger partial charge in [0.25, 0.3) is 0 Å². The summed E-state index contributed by atoms with van der Waals surface area (Å²) in [5.74, 6) is -0.0291. The van der Waals surface area contributed by atoms with E-state index in [0.29, 0.717) is 12.5 Å². The molecule has 0 unspecified atom stereocenters. The molecule has 0 spiro atoms. The maximum absolute atomic E-state index is 10.8. The second-order valence-corrected chi connectivity index (χ2v) is 4.74. The summed E-state index contributed by atoms with van der Waals surface area (Å²) in [6.45, 7) is 4.24. The van der Waals surface area contributed by atoms with Crippen LogP contribution in [0.5, 0.6) is 0 Å². The highest BCUT2D eigenvalue weighted by atomic mass is 16.4. The molecule has 0 aromatic heterocycles. The van der Waals surface area contributed by atoms with Gasteiger partial charge in [0.15, 0.2) is 0 Å². The van der Waals surface area contributed by atoms with Gasteiger partial charge in [-0.05, 0) is 50.0 Å². The van der Waals surface area contributed by atoms with Crippen LogP contribution in [0, 0.1) is 11.3 Å². The van der Waals surface area contributed by atoms with Gasteiger partial charge in [-0.3, -0.25) is 4.79 Å². The highest BCUT2D eigenvalue weighted by Gasteiger charge is 2.35.